The number of amides is 1. The summed E-state index contributed by atoms with van der Waals surface area (Å²) in [6.07, 6.45) is 3.71. The maximum absolute atomic E-state index is 12.2. The largest absolute Gasteiger partial charge is 0.366 e. The van der Waals surface area contributed by atoms with Crippen LogP contribution in [0.4, 0.5) is 11.5 Å². The highest BCUT2D eigenvalue weighted by Gasteiger charge is 2.24. The van der Waals surface area contributed by atoms with Gasteiger partial charge in [0.1, 0.15) is 6.10 Å². The van der Waals surface area contributed by atoms with Gasteiger partial charge < -0.3 is 20.3 Å². The monoisotopic (exact) mass is 276 g/mol. The highest BCUT2D eigenvalue weighted by Crippen LogP contribution is 2.26. The van der Waals surface area contributed by atoms with Crippen molar-refractivity contribution >= 4 is 17.4 Å². The van der Waals surface area contributed by atoms with E-state index in [0.717, 1.165) is 31.1 Å². The molecule has 1 unspecified atom stereocenters. The number of carbonyl (C=O) groups is 1. The third-order valence-corrected chi connectivity index (χ3v) is 3.67. The first-order chi connectivity index (χ1) is 9.84. The molecule has 0 spiro atoms. The molecular weight excluding hydrogens is 256 g/mol. The Morgan fingerprint density at radius 3 is 3.05 bits per heavy atom. The van der Waals surface area contributed by atoms with Crippen LogP contribution in [0.2, 0.25) is 0 Å². The summed E-state index contributed by atoms with van der Waals surface area (Å²) in [5, 5.41) is 6.11. The van der Waals surface area contributed by atoms with Crippen LogP contribution in [0.5, 0.6) is 0 Å². The maximum Gasteiger partial charge on any atom is 0.254 e. The number of hydrogen-bond donors (Lipinski definition) is 2. The van der Waals surface area contributed by atoms with Crippen molar-refractivity contribution < 1.29 is 9.53 Å². The Balaban J connectivity index is 1.71. The molecule has 2 N–H and O–H groups in total. The van der Waals surface area contributed by atoms with Gasteiger partial charge in [-0.2, -0.15) is 0 Å². The van der Waals surface area contributed by atoms with Crippen molar-refractivity contribution in [1.82, 2.24) is 10.3 Å². The zero-order valence-corrected chi connectivity index (χ0v) is 11.5. The van der Waals surface area contributed by atoms with Gasteiger partial charge in [-0.3, -0.25) is 4.79 Å². The van der Waals surface area contributed by atoms with Crippen molar-refractivity contribution in [2.45, 2.75) is 18.9 Å². The lowest BCUT2D eigenvalue weighted by Crippen LogP contribution is -2.45. The smallest absolute Gasteiger partial charge is 0.254 e. The van der Waals surface area contributed by atoms with Crippen molar-refractivity contribution in [3.63, 3.8) is 0 Å². The van der Waals surface area contributed by atoms with Crippen LogP contribution in [0.15, 0.2) is 18.3 Å². The van der Waals surface area contributed by atoms with Crippen LogP contribution in [0.3, 0.4) is 0 Å². The van der Waals surface area contributed by atoms with E-state index in [0.29, 0.717) is 13.2 Å². The average Bonchev–Trinajstić information content (AvgIpc) is 3.03. The first-order valence-corrected chi connectivity index (χ1v) is 7.18. The number of rotatable bonds is 3. The van der Waals surface area contributed by atoms with E-state index in [4.69, 9.17) is 4.74 Å². The molecule has 1 aromatic heterocycles. The SMILES string of the molecule is O=C(Nc1cccnc1N1CCCC1)C1CNCCO1. The van der Waals surface area contributed by atoms with E-state index >= 15 is 0 Å². The summed E-state index contributed by atoms with van der Waals surface area (Å²) in [5.41, 5.74) is 0.772. The lowest BCUT2D eigenvalue weighted by molar-refractivity contribution is -0.128. The molecule has 0 saturated carbocycles. The minimum absolute atomic E-state index is 0.106. The van der Waals surface area contributed by atoms with E-state index in [1.807, 2.05) is 12.1 Å². The van der Waals surface area contributed by atoms with Crippen LogP contribution in [0.25, 0.3) is 0 Å². The molecule has 2 saturated heterocycles. The summed E-state index contributed by atoms with van der Waals surface area (Å²) in [5.74, 6) is 0.757. The van der Waals surface area contributed by atoms with Gasteiger partial charge in [-0.15, -0.1) is 0 Å². The van der Waals surface area contributed by atoms with Crippen LogP contribution < -0.4 is 15.5 Å². The summed E-state index contributed by atoms with van der Waals surface area (Å²) in [7, 11) is 0. The van der Waals surface area contributed by atoms with Crippen molar-refractivity contribution in [2.75, 3.05) is 43.0 Å². The van der Waals surface area contributed by atoms with Gasteiger partial charge in [0, 0.05) is 32.4 Å². The second-order valence-corrected chi connectivity index (χ2v) is 5.12. The Labute approximate surface area is 118 Å². The highest BCUT2D eigenvalue weighted by atomic mass is 16.5. The molecule has 1 amide bonds. The molecule has 1 atom stereocenters. The van der Waals surface area contributed by atoms with Crippen molar-refractivity contribution in [3.05, 3.63) is 18.3 Å². The van der Waals surface area contributed by atoms with E-state index in [2.05, 4.69) is 20.5 Å². The Bertz CT molecular complexity index is 468. The second kappa shape index (κ2) is 6.19. The average molecular weight is 276 g/mol. The number of nitrogens with zero attached hydrogens (tertiary/aromatic N) is 2. The fraction of sp³-hybridized carbons (Fsp3) is 0.571. The first-order valence-electron chi connectivity index (χ1n) is 7.18. The molecule has 6 heteroatoms. The first kappa shape index (κ1) is 13.3. The van der Waals surface area contributed by atoms with E-state index in [-0.39, 0.29) is 5.91 Å². The molecule has 20 heavy (non-hydrogen) atoms. The second-order valence-electron chi connectivity index (χ2n) is 5.12. The number of carbonyl (C=O) groups excluding carboxylic acids is 1. The van der Waals surface area contributed by atoms with Crippen LogP contribution in [0, 0.1) is 0 Å². The molecular formula is C14H20N4O2. The lowest BCUT2D eigenvalue weighted by atomic mass is 10.2. The number of pyridine rings is 1. The normalized spacial score (nSPS) is 22.8. The summed E-state index contributed by atoms with van der Waals surface area (Å²) in [6.45, 7) is 3.94. The Kier molecular flexibility index (Phi) is 4.13. The van der Waals surface area contributed by atoms with Gasteiger partial charge in [-0.1, -0.05) is 0 Å². The number of anilines is 2. The van der Waals surface area contributed by atoms with Gasteiger partial charge in [-0.25, -0.2) is 4.98 Å². The van der Waals surface area contributed by atoms with Gasteiger partial charge in [-0.05, 0) is 25.0 Å². The minimum atomic E-state index is -0.421. The molecule has 0 bridgehead atoms. The Morgan fingerprint density at radius 1 is 1.45 bits per heavy atom. The molecule has 0 aliphatic carbocycles. The molecule has 1 aromatic rings. The Morgan fingerprint density at radius 2 is 2.30 bits per heavy atom. The zero-order valence-electron chi connectivity index (χ0n) is 11.5. The molecule has 3 rings (SSSR count). The number of hydrogen-bond acceptors (Lipinski definition) is 5. The molecule has 2 aliphatic rings. The van der Waals surface area contributed by atoms with E-state index < -0.39 is 6.10 Å². The van der Waals surface area contributed by atoms with Crippen molar-refractivity contribution in [2.24, 2.45) is 0 Å². The molecule has 0 radical (unpaired) electrons. The van der Waals surface area contributed by atoms with Crippen LogP contribution in [-0.2, 0) is 9.53 Å². The summed E-state index contributed by atoms with van der Waals surface area (Å²) in [6, 6.07) is 3.74. The summed E-state index contributed by atoms with van der Waals surface area (Å²) < 4.78 is 5.47. The molecule has 6 nitrogen and oxygen atoms in total. The third kappa shape index (κ3) is 2.91. The van der Waals surface area contributed by atoms with Crippen LogP contribution in [-0.4, -0.2) is 49.8 Å². The van der Waals surface area contributed by atoms with Gasteiger partial charge in [0.15, 0.2) is 5.82 Å². The Hall–Kier alpha value is -1.66. The van der Waals surface area contributed by atoms with Crippen molar-refractivity contribution in [1.29, 1.82) is 0 Å². The number of morpholine rings is 1. The topological polar surface area (TPSA) is 66.5 Å². The van der Waals surface area contributed by atoms with Gasteiger partial charge >= 0.3 is 0 Å². The minimum Gasteiger partial charge on any atom is -0.366 e. The van der Waals surface area contributed by atoms with E-state index in [1.54, 1.807) is 6.20 Å². The fourth-order valence-electron chi connectivity index (χ4n) is 2.62. The summed E-state index contributed by atoms with van der Waals surface area (Å²) >= 11 is 0. The summed E-state index contributed by atoms with van der Waals surface area (Å²) in [4.78, 5) is 18.8. The molecule has 2 fully saturated rings. The third-order valence-electron chi connectivity index (χ3n) is 3.67. The van der Waals surface area contributed by atoms with E-state index in [9.17, 15) is 4.79 Å². The standard InChI is InChI=1S/C14H20N4O2/c19-14(12-10-15-6-9-20-12)17-11-4-3-5-16-13(11)18-7-1-2-8-18/h3-5,12,15H,1-2,6-10H2,(H,17,19). The highest BCUT2D eigenvalue weighted by molar-refractivity contribution is 5.96. The van der Waals surface area contributed by atoms with Gasteiger partial charge in [0.2, 0.25) is 0 Å². The molecule has 3 heterocycles. The van der Waals surface area contributed by atoms with Crippen LogP contribution >= 0.6 is 0 Å². The van der Waals surface area contributed by atoms with Crippen LogP contribution in [0.1, 0.15) is 12.8 Å². The number of ether oxygens (including phenoxy) is 1. The van der Waals surface area contributed by atoms with Gasteiger partial charge in [0.05, 0.1) is 12.3 Å². The maximum atomic E-state index is 12.2. The zero-order chi connectivity index (χ0) is 13.8. The van der Waals surface area contributed by atoms with Gasteiger partial charge in [0.25, 0.3) is 5.91 Å². The molecule has 108 valence electrons. The van der Waals surface area contributed by atoms with E-state index in [1.165, 1.54) is 12.8 Å². The molecule has 2 aliphatic heterocycles. The number of nitrogens with one attached hydrogen (secondary N) is 2. The number of aromatic nitrogens is 1. The fourth-order valence-corrected chi connectivity index (χ4v) is 2.62. The quantitative estimate of drug-likeness (QED) is 0.846. The predicted molar refractivity (Wildman–Crippen MR) is 76.9 cm³/mol. The predicted octanol–water partition coefficient (Wildman–Crippen LogP) is 0.609. The van der Waals surface area contributed by atoms with Crippen molar-refractivity contribution in [3.8, 4) is 0 Å². The lowest BCUT2D eigenvalue weighted by Gasteiger charge is -2.24. The molecule has 0 aromatic carbocycles.